The van der Waals surface area contributed by atoms with Crippen LogP contribution in [-0.4, -0.2) is 72.6 Å². The molecule has 0 aliphatic carbocycles. The first-order chi connectivity index (χ1) is 15.3. The zero-order chi connectivity index (χ0) is 23.2. The molecule has 0 amide bonds. The molecule has 4 rings (SSSR count). The van der Waals surface area contributed by atoms with Gasteiger partial charge in [-0.3, -0.25) is 4.79 Å². The number of aliphatic hydroxyl groups excluding tert-OH is 3. The van der Waals surface area contributed by atoms with E-state index in [-0.39, 0.29) is 33.4 Å². The molecule has 1 saturated heterocycles. The van der Waals surface area contributed by atoms with Crippen molar-refractivity contribution in [1.29, 1.82) is 0 Å². The first kappa shape index (κ1) is 22.1. The highest BCUT2D eigenvalue weighted by molar-refractivity contribution is 5.96. The van der Waals surface area contributed by atoms with Gasteiger partial charge in [0.05, 0.1) is 19.6 Å². The minimum atomic E-state index is -1.70. The van der Waals surface area contributed by atoms with E-state index in [4.69, 9.17) is 28.1 Å². The number of methoxy groups -OCH3 is 3. The van der Waals surface area contributed by atoms with E-state index in [1.165, 1.54) is 39.5 Å². The highest BCUT2D eigenvalue weighted by Crippen LogP contribution is 2.44. The molecule has 1 aromatic heterocycles. The predicted octanol–water partition coefficient (Wildman–Crippen LogP) is 0.459. The average Bonchev–Trinajstić information content (AvgIpc) is 2.80. The summed E-state index contributed by atoms with van der Waals surface area (Å²) in [6.07, 6.45) is -7.76. The zero-order valence-electron chi connectivity index (χ0n) is 17.3. The Labute approximate surface area is 180 Å². The second-order valence-corrected chi connectivity index (χ2v) is 7.12. The number of fused-ring (bicyclic) bond motifs is 2. The second-order valence-electron chi connectivity index (χ2n) is 7.12. The van der Waals surface area contributed by atoms with Crippen LogP contribution in [0.1, 0.15) is 0 Å². The molecule has 0 unspecified atom stereocenters. The van der Waals surface area contributed by atoms with Crippen molar-refractivity contribution >= 4 is 21.9 Å². The normalized spacial score (nSPS) is 25.8. The van der Waals surface area contributed by atoms with Gasteiger partial charge < -0.3 is 48.5 Å². The maximum atomic E-state index is 13.1. The van der Waals surface area contributed by atoms with E-state index in [0.29, 0.717) is 5.75 Å². The van der Waals surface area contributed by atoms with Gasteiger partial charge in [0.2, 0.25) is 17.5 Å². The number of rotatable bonds is 5. The molecule has 5 atom stereocenters. The number of phenolic OH excluding ortho intramolecular Hbond substituents is 1. The van der Waals surface area contributed by atoms with Crippen molar-refractivity contribution in [2.75, 3.05) is 21.3 Å². The first-order valence-corrected chi connectivity index (χ1v) is 9.54. The molecular weight excluding hydrogens is 428 g/mol. The van der Waals surface area contributed by atoms with Gasteiger partial charge >= 0.3 is 0 Å². The number of hydrogen-bond acceptors (Lipinski definition) is 11. The SMILES string of the molecule is COc1ccc2c(=O)c3c(O)c(O[C@@H]4O[C@H](OC)[C@@H](O)[C@H](O)[C@H]4O)c(OC)cc3oc2c1. The van der Waals surface area contributed by atoms with Crippen molar-refractivity contribution in [3.8, 4) is 23.0 Å². The smallest absolute Gasteiger partial charge is 0.231 e. The van der Waals surface area contributed by atoms with E-state index >= 15 is 0 Å². The molecule has 11 heteroatoms. The zero-order valence-corrected chi connectivity index (χ0v) is 17.3. The Morgan fingerprint density at radius 2 is 1.62 bits per heavy atom. The molecule has 0 radical (unpaired) electrons. The molecule has 0 spiro atoms. The molecule has 32 heavy (non-hydrogen) atoms. The lowest BCUT2D eigenvalue weighted by Gasteiger charge is -2.39. The fourth-order valence-corrected chi connectivity index (χ4v) is 3.55. The van der Waals surface area contributed by atoms with Gasteiger partial charge in [0.1, 0.15) is 40.6 Å². The standard InChI is InChI=1S/C21H22O11/c1-27-8-4-5-9-10(6-8)30-11-7-12(28-2)19(15(23)13(11)14(9)22)31-21-18(26)16(24)17(25)20(29-3)32-21/h4-7,16-18,20-21,23-26H,1-3H3/t16-,17-,18+,20-,21+/m0/s1. The maximum absolute atomic E-state index is 13.1. The molecular formula is C21H22O11. The summed E-state index contributed by atoms with van der Waals surface area (Å²) in [7, 11) is 4.00. The predicted molar refractivity (Wildman–Crippen MR) is 109 cm³/mol. The van der Waals surface area contributed by atoms with E-state index in [9.17, 15) is 25.2 Å². The third kappa shape index (κ3) is 3.49. The molecule has 2 heterocycles. The van der Waals surface area contributed by atoms with E-state index in [0.717, 1.165) is 0 Å². The van der Waals surface area contributed by atoms with Gasteiger partial charge in [-0.15, -0.1) is 0 Å². The van der Waals surface area contributed by atoms with Gasteiger partial charge in [-0.1, -0.05) is 0 Å². The summed E-state index contributed by atoms with van der Waals surface area (Å²) in [6.45, 7) is 0. The van der Waals surface area contributed by atoms with Crippen LogP contribution in [-0.2, 0) is 9.47 Å². The van der Waals surface area contributed by atoms with Crippen molar-refractivity contribution < 1.29 is 48.5 Å². The van der Waals surface area contributed by atoms with Crippen LogP contribution in [0.2, 0.25) is 0 Å². The number of aliphatic hydroxyl groups is 3. The van der Waals surface area contributed by atoms with Gasteiger partial charge in [0, 0.05) is 19.2 Å². The van der Waals surface area contributed by atoms with Gasteiger partial charge in [0.25, 0.3) is 0 Å². The Morgan fingerprint density at radius 3 is 2.28 bits per heavy atom. The van der Waals surface area contributed by atoms with Crippen molar-refractivity contribution in [2.24, 2.45) is 0 Å². The topological polar surface area (TPSA) is 157 Å². The molecule has 11 nitrogen and oxygen atoms in total. The van der Waals surface area contributed by atoms with Crippen LogP contribution in [0.15, 0.2) is 33.5 Å². The summed E-state index contributed by atoms with van der Waals surface area (Å²) in [5, 5.41) is 41.1. The molecule has 1 aliphatic heterocycles. The van der Waals surface area contributed by atoms with Crippen LogP contribution in [0.25, 0.3) is 21.9 Å². The van der Waals surface area contributed by atoms with E-state index < -0.39 is 42.1 Å². The third-order valence-electron chi connectivity index (χ3n) is 5.28. The highest BCUT2D eigenvalue weighted by atomic mass is 16.8. The largest absolute Gasteiger partial charge is 0.504 e. The maximum Gasteiger partial charge on any atom is 0.231 e. The Kier molecular flexibility index (Phi) is 5.84. The van der Waals surface area contributed by atoms with Crippen molar-refractivity contribution in [3.05, 3.63) is 34.5 Å². The van der Waals surface area contributed by atoms with Crippen LogP contribution >= 0.6 is 0 Å². The number of aromatic hydroxyl groups is 1. The van der Waals surface area contributed by atoms with Crippen molar-refractivity contribution in [1.82, 2.24) is 0 Å². The van der Waals surface area contributed by atoms with Crippen molar-refractivity contribution in [2.45, 2.75) is 30.9 Å². The number of hydrogen-bond donors (Lipinski definition) is 4. The summed E-state index contributed by atoms with van der Waals surface area (Å²) in [4.78, 5) is 13.1. The molecule has 172 valence electrons. The molecule has 1 aliphatic rings. The summed E-state index contributed by atoms with van der Waals surface area (Å²) < 4.78 is 32.0. The van der Waals surface area contributed by atoms with Gasteiger partial charge in [-0.25, -0.2) is 0 Å². The molecule has 2 aromatic carbocycles. The number of phenols is 1. The van der Waals surface area contributed by atoms with Gasteiger partial charge in [0.15, 0.2) is 17.8 Å². The van der Waals surface area contributed by atoms with Crippen LogP contribution in [0.5, 0.6) is 23.0 Å². The molecule has 3 aromatic rings. The minimum Gasteiger partial charge on any atom is -0.504 e. The molecule has 0 bridgehead atoms. The van der Waals surface area contributed by atoms with Crippen LogP contribution in [0.4, 0.5) is 0 Å². The van der Waals surface area contributed by atoms with Crippen LogP contribution < -0.4 is 19.6 Å². The lowest BCUT2D eigenvalue weighted by molar-refractivity contribution is -0.327. The number of benzene rings is 2. The fraction of sp³-hybridized carbons (Fsp3) is 0.381. The molecule has 1 fully saturated rings. The molecule has 4 N–H and O–H groups in total. The van der Waals surface area contributed by atoms with Crippen LogP contribution in [0, 0.1) is 0 Å². The van der Waals surface area contributed by atoms with Crippen molar-refractivity contribution in [3.63, 3.8) is 0 Å². The second kappa shape index (κ2) is 8.45. The van der Waals surface area contributed by atoms with Crippen LogP contribution in [0.3, 0.4) is 0 Å². The summed E-state index contributed by atoms with van der Waals surface area (Å²) in [5.74, 6) is -0.502. The fourth-order valence-electron chi connectivity index (χ4n) is 3.55. The Morgan fingerprint density at radius 1 is 0.906 bits per heavy atom. The van der Waals surface area contributed by atoms with Gasteiger partial charge in [-0.2, -0.15) is 0 Å². The first-order valence-electron chi connectivity index (χ1n) is 9.54. The summed E-state index contributed by atoms with van der Waals surface area (Å²) in [5.41, 5.74) is -0.278. The van der Waals surface area contributed by atoms with E-state index in [1.54, 1.807) is 6.07 Å². The highest BCUT2D eigenvalue weighted by Gasteiger charge is 2.46. The van der Waals surface area contributed by atoms with Gasteiger partial charge in [-0.05, 0) is 12.1 Å². The number of ether oxygens (including phenoxy) is 5. The Hall–Kier alpha value is -3.09. The summed E-state index contributed by atoms with van der Waals surface area (Å²) in [6, 6.07) is 5.94. The lowest BCUT2D eigenvalue weighted by atomic mass is 10.0. The molecule has 0 saturated carbocycles. The van der Waals surface area contributed by atoms with E-state index in [1.807, 2.05) is 0 Å². The lowest BCUT2D eigenvalue weighted by Crippen LogP contribution is -2.59. The summed E-state index contributed by atoms with van der Waals surface area (Å²) >= 11 is 0. The Balaban J connectivity index is 1.84. The third-order valence-corrected chi connectivity index (χ3v) is 5.28. The monoisotopic (exact) mass is 450 g/mol. The Bertz CT molecular complexity index is 1200. The minimum absolute atomic E-state index is 0.0211. The average molecular weight is 450 g/mol. The van der Waals surface area contributed by atoms with E-state index in [2.05, 4.69) is 0 Å². The quantitative estimate of drug-likeness (QED) is 0.400.